The van der Waals surface area contributed by atoms with Crippen LogP contribution < -0.4 is 10.2 Å². The highest BCUT2D eigenvalue weighted by atomic mass is 16.2. The van der Waals surface area contributed by atoms with Crippen molar-refractivity contribution in [2.24, 2.45) is 0 Å². The van der Waals surface area contributed by atoms with Crippen molar-refractivity contribution in [3.63, 3.8) is 0 Å². The van der Waals surface area contributed by atoms with Gasteiger partial charge in [-0.2, -0.15) is 0 Å². The SMILES string of the molecule is CC1Cc2ccccc2N1C(=O)c1cncc(C(=O)NC2CCCCC2)c1. The fourth-order valence-electron chi connectivity index (χ4n) is 4.21. The number of nitrogens with one attached hydrogen (secondary N) is 1. The largest absolute Gasteiger partial charge is 0.349 e. The van der Waals surface area contributed by atoms with E-state index >= 15 is 0 Å². The highest BCUT2D eigenvalue weighted by Gasteiger charge is 2.31. The number of hydrogen-bond acceptors (Lipinski definition) is 3. The number of anilines is 1. The molecule has 5 heteroatoms. The van der Waals surface area contributed by atoms with Gasteiger partial charge in [0.1, 0.15) is 0 Å². The molecule has 1 saturated carbocycles. The van der Waals surface area contributed by atoms with Crippen LogP contribution in [0.2, 0.25) is 0 Å². The average Bonchev–Trinajstić information content (AvgIpc) is 3.04. The zero-order valence-electron chi connectivity index (χ0n) is 15.6. The van der Waals surface area contributed by atoms with Gasteiger partial charge in [0.2, 0.25) is 0 Å². The van der Waals surface area contributed by atoms with Crippen molar-refractivity contribution in [1.29, 1.82) is 0 Å². The third-order valence-electron chi connectivity index (χ3n) is 5.61. The number of benzene rings is 1. The molecule has 1 aliphatic carbocycles. The lowest BCUT2D eigenvalue weighted by molar-refractivity contribution is 0.0927. The summed E-state index contributed by atoms with van der Waals surface area (Å²) in [5, 5.41) is 3.09. The molecule has 140 valence electrons. The molecular formula is C22H25N3O2. The van der Waals surface area contributed by atoms with Crippen molar-refractivity contribution >= 4 is 17.5 Å². The smallest absolute Gasteiger partial charge is 0.260 e. The second-order valence-electron chi connectivity index (χ2n) is 7.63. The predicted octanol–water partition coefficient (Wildman–Crippen LogP) is 3.74. The number of carbonyl (C=O) groups is 2. The van der Waals surface area contributed by atoms with E-state index in [0.29, 0.717) is 11.1 Å². The summed E-state index contributed by atoms with van der Waals surface area (Å²) >= 11 is 0. The molecule has 5 nitrogen and oxygen atoms in total. The van der Waals surface area contributed by atoms with Gasteiger partial charge < -0.3 is 10.2 Å². The van der Waals surface area contributed by atoms with Crippen LogP contribution in [0.25, 0.3) is 0 Å². The number of rotatable bonds is 3. The minimum absolute atomic E-state index is 0.0922. The molecule has 2 amide bonds. The lowest BCUT2D eigenvalue weighted by Crippen LogP contribution is -2.37. The molecule has 1 aromatic heterocycles. The molecule has 1 N–H and O–H groups in total. The van der Waals surface area contributed by atoms with Gasteiger partial charge in [-0.05, 0) is 43.9 Å². The van der Waals surface area contributed by atoms with Gasteiger partial charge in [-0.1, -0.05) is 37.5 Å². The minimum atomic E-state index is -0.140. The summed E-state index contributed by atoms with van der Waals surface area (Å²) in [6.45, 7) is 2.05. The standard InChI is InChI=1S/C22H25N3O2/c1-15-11-16-7-5-6-10-20(16)25(15)22(27)18-12-17(13-23-14-18)21(26)24-19-8-3-2-4-9-19/h5-7,10,12-15,19H,2-4,8-9,11H2,1H3,(H,24,26). The van der Waals surface area contributed by atoms with E-state index in [1.54, 1.807) is 12.3 Å². The molecule has 1 atom stereocenters. The van der Waals surface area contributed by atoms with E-state index in [4.69, 9.17) is 0 Å². The zero-order chi connectivity index (χ0) is 18.8. The summed E-state index contributed by atoms with van der Waals surface area (Å²) in [4.78, 5) is 31.7. The van der Waals surface area contributed by atoms with Crippen LogP contribution in [0.4, 0.5) is 5.69 Å². The molecule has 0 saturated heterocycles. The topological polar surface area (TPSA) is 62.3 Å². The van der Waals surface area contributed by atoms with Crippen LogP contribution in [-0.4, -0.2) is 28.9 Å². The number of aromatic nitrogens is 1. The van der Waals surface area contributed by atoms with E-state index in [9.17, 15) is 9.59 Å². The summed E-state index contributed by atoms with van der Waals surface area (Å²) in [5.41, 5.74) is 3.03. The number of amides is 2. The Morgan fingerprint density at radius 3 is 2.63 bits per heavy atom. The van der Waals surface area contributed by atoms with Crippen LogP contribution >= 0.6 is 0 Å². The van der Waals surface area contributed by atoms with Gasteiger partial charge in [0.05, 0.1) is 11.1 Å². The van der Waals surface area contributed by atoms with Crippen molar-refractivity contribution in [1.82, 2.24) is 10.3 Å². The molecule has 1 unspecified atom stereocenters. The Balaban J connectivity index is 1.53. The third kappa shape index (κ3) is 3.59. The molecule has 0 spiro atoms. The molecule has 1 aliphatic heterocycles. The van der Waals surface area contributed by atoms with Crippen LogP contribution in [0.5, 0.6) is 0 Å². The molecule has 4 rings (SSSR count). The molecule has 1 fully saturated rings. The third-order valence-corrected chi connectivity index (χ3v) is 5.61. The minimum Gasteiger partial charge on any atom is -0.349 e. The lowest BCUT2D eigenvalue weighted by Gasteiger charge is -2.24. The molecule has 27 heavy (non-hydrogen) atoms. The van der Waals surface area contributed by atoms with Gasteiger partial charge in [0, 0.05) is 30.2 Å². The fraction of sp³-hybridized carbons (Fsp3) is 0.409. The Labute approximate surface area is 159 Å². The first kappa shape index (κ1) is 17.7. The van der Waals surface area contributed by atoms with E-state index in [0.717, 1.165) is 37.8 Å². The van der Waals surface area contributed by atoms with Crippen molar-refractivity contribution in [2.45, 2.75) is 57.5 Å². The maximum Gasteiger partial charge on any atom is 0.260 e. The summed E-state index contributed by atoms with van der Waals surface area (Å²) in [7, 11) is 0. The van der Waals surface area contributed by atoms with Crippen LogP contribution in [0.3, 0.4) is 0 Å². The number of pyridine rings is 1. The molecule has 0 bridgehead atoms. The highest BCUT2D eigenvalue weighted by Crippen LogP contribution is 2.33. The number of fused-ring (bicyclic) bond motifs is 1. The van der Waals surface area contributed by atoms with E-state index < -0.39 is 0 Å². The van der Waals surface area contributed by atoms with Crippen LogP contribution in [0.1, 0.15) is 65.3 Å². The number of carbonyl (C=O) groups excluding carboxylic acids is 2. The maximum absolute atomic E-state index is 13.1. The van der Waals surface area contributed by atoms with Crippen molar-refractivity contribution in [3.05, 3.63) is 59.4 Å². The molecular weight excluding hydrogens is 338 g/mol. The van der Waals surface area contributed by atoms with Crippen LogP contribution in [0.15, 0.2) is 42.7 Å². The van der Waals surface area contributed by atoms with Gasteiger partial charge in [-0.15, -0.1) is 0 Å². The molecule has 2 aliphatic rings. The van der Waals surface area contributed by atoms with E-state index in [1.165, 1.54) is 18.2 Å². The number of para-hydroxylation sites is 1. The molecule has 0 radical (unpaired) electrons. The average molecular weight is 363 g/mol. The van der Waals surface area contributed by atoms with Crippen molar-refractivity contribution in [3.8, 4) is 0 Å². The molecule has 2 heterocycles. The Bertz CT molecular complexity index is 858. The molecule has 1 aromatic carbocycles. The first-order valence-electron chi connectivity index (χ1n) is 9.81. The Hall–Kier alpha value is -2.69. The van der Waals surface area contributed by atoms with E-state index in [1.807, 2.05) is 30.0 Å². The Kier molecular flexibility index (Phi) is 4.92. The second-order valence-corrected chi connectivity index (χ2v) is 7.63. The van der Waals surface area contributed by atoms with E-state index in [-0.39, 0.29) is 23.9 Å². The van der Waals surface area contributed by atoms with Gasteiger partial charge in [0.25, 0.3) is 11.8 Å². The van der Waals surface area contributed by atoms with Gasteiger partial charge in [-0.3, -0.25) is 14.6 Å². The normalized spacial score (nSPS) is 19.6. The summed E-state index contributed by atoms with van der Waals surface area (Å²) in [5.74, 6) is -0.244. The van der Waals surface area contributed by atoms with Gasteiger partial charge in [0.15, 0.2) is 0 Å². The lowest BCUT2D eigenvalue weighted by atomic mass is 9.95. The Morgan fingerprint density at radius 1 is 1.07 bits per heavy atom. The van der Waals surface area contributed by atoms with Gasteiger partial charge in [-0.25, -0.2) is 0 Å². The monoisotopic (exact) mass is 363 g/mol. The van der Waals surface area contributed by atoms with Gasteiger partial charge >= 0.3 is 0 Å². The van der Waals surface area contributed by atoms with E-state index in [2.05, 4.69) is 16.4 Å². The molecule has 2 aromatic rings. The second kappa shape index (κ2) is 7.51. The highest BCUT2D eigenvalue weighted by molar-refractivity contribution is 6.08. The predicted molar refractivity (Wildman–Crippen MR) is 105 cm³/mol. The number of nitrogens with zero attached hydrogens (tertiary/aromatic N) is 2. The van der Waals surface area contributed by atoms with Crippen molar-refractivity contribution in [2.75, 3.05) is 4.90 Å². The number of hydrogen-bond donors (Lipinski definition) is 1. The van der Waals surface area contributed by atoms with Crippen LogP contribution in [0, 0.1) is 0 Å². The summed E-state index contributed by atoms with van der Waals surface area (Å²) in [6, 6.07) is 9.97. The quantitative estimate of drug-likeness (QED) is 0.904. The maximum atomic E-state index is 13.1. The van der Waals surface area contributed by atoms with Crippen LogP contribution in [-0.2, 0) is 6.42 Å². The summed E-state index contributed by atoms with van der Waals surface area (Å²) < 4.78 is 0. The Morgan fingerprint density at radius 2 is 1.81 bits per heavy atom. The zero-order valence-corrected chi connectivity index (χ0v) is 15.6. The van der Waals surface area contributed by atoms with Crippen molar-refractivity contribution < 1.29 is 9.59 Å². The summed E-state index contributed by atoms with van der Waals surface area (Å²) in [6.07, 6.45) is 9.55. The first-order chi connectivity index (χ1) is 13.1. The fourth-order valence-corrected chi connectivity index (χ4v) is 4.21. The first-order valence-corrected chi connectivity index (χ1v) is 9.81.